The van der Waals surface area contributed by atoms with Gasteiger partial charge in [0.05, 0.1) is 23.2 Å². The van der Waals surface area contributed by atoms with Gasteiger partial charge in [0.15, 0.2) is 0 Å². The molecule has 7 heteroatoms. The van der Waals surface area contributed by atoms with Crippen LogP contribution in [0.3, 0.4) is 0 Å². The summed E-state index contributed by atoms with van der Waals surface area (Å²) in [6, 6.07) is 7.46. The number of aromatic nitrogens is 2. The number of nitrogens with one attached hydrogen (secondary N) is 1. The molecule has 1 aromatic carbocycles. The van der Waals surface area contributed by atoms with Gasteiger partial charge >= 0.3 is 0 Å². The van der Waals surface area contributed by atoms with Gasteiger partial charge in [0, 0.05) is 19.0 Å². The Morgan fingerprint density at radius 1 is 1.26 bits per heavy atom. The molecule has 2 atom stereocenters. The Morgan fingerprint density at radius 2 is 1.96 bits per heavy atom. The molecule has 1 fully saturated rings. The zero-order valence-electron chi connectivity index (χ0n) is 16.2. The van der Waals surface area contributed by atoms with Crippen LogP contribution in [0, 0.1) is 12.8 Å². The number of imidazole rings is 1. The SMILES string of the molecule is Cc1nc2ccccc2n1CC(=O)N1CC[C@H](NC(=O)C(C)C)[C@@H](O)CC1. The van der Waals surface area contributed by atoms with Crippen molar-refractivity contribution in [1.82, 2.24) is 19.8 Å². The molecule has 2 N–H and O–H groups in total. The van der Waals surface area contributed by atoms with E-state index in [0.29, 0.717) is 25.9 Å². The molecule has 1 aromatic heterocycles. The molecule has 7 nitrogen and oxygen atoms in total. The summed E-state index contributed by atoms with van der Waals surface area (Å²) in [4.78, 5) is 31.1. The highest BCUT2D eigenvalue weighted by atomic mass is 16.3. The van der Waals surface area contributed by atoms with E-state index < -0.39 is 6.10 Å². The number of carbonyl (C=O) groups is 2. The van der Waals surface area contributed by atoms with Crippen molar-refractivity contribution in [3.8, 4) is 0 Å². The minimum absolute atomic E-state index is 0.00397. The normalized spacial score (nSPS) is 20.7. The number of aliphatic hydroxyl groups excluding tert-OH is 1. The van der Waals surface area contributed by atoms with Gasteiger partial charge in [0.25, 0.3) is 0 Å². The van der Waals surface area contributed by atoms with E-state index in [1.807, 2.05) is 49.6 Å². The van der Waals surface area contributed by atoms with Crippen molar-refractivity contribution >= 4 is 22.8 Å². The zero-order valence-corrected chi connectivity index (χ0v) is 16.2. The molecule has 0 unspecified atom stereocenters. The zero-order chi connectivity index (χ0) is 19.6. The Labute approximate surface area is 159 Å². The summed E-state index contributed by atoms with van der Waals surface area (Å²) >= 11 is 0. The lowest BCUT2D eigenvalue weighted by molar-refractivity contribution is -0.131. The first-order chi connectivity index (χ1) is 12.9. The number of benzene rings is 1. The molecule has 1 aliphatic heterocycles. The molecular weight excluding hydrogens is 344 g/mol. The molecule has 1 aliphatic rings. The lowest BCUT2D eigenvalue weighted by Gasteiger charge is -2.22. The number of aliphatic hydroxyl groups is 1. The summed E-state index contributed by atoms with van der Waals surface area (Å²) in [5, 5.41) is 13.3. The number of hydrogen-bond donors (Lipinski definition) is 2. The number of amides is 2. The molecule has 0 bridgehead atoms. The average Bonchev–Trinajstić information content (AvgIpc) is 2.82. The third-order valence-corrected chi connectivity index (χ3v) is 5.21. The third kappa shape index (κ3) is 4.30. The van der Waals surface area contributed by atoms with Gasteiger partial charge in [-0.1, -0.05) is 26.0 Å². The van der Waals surface area contributed by atoms with E-state index in [4.69, 9.17) is 0 Å². The average molecular weight is 372 g/mol. The van der Waals surface area contributed by atoms with Crippen molar-refractivity contribution in [2.45, 2.75) is 52.3 Å². The maximum atomic E-state index is 12.9. The molecule has 2 aromatic rings. The molecule has 2 heterocycles. The van der Waals surface area contributed by atoms with Crippen molar-refractivity contribution in [2.75, 3.05) is 13.1 Å². The van der Waals surface area contributed by atoms with E-state index in [2.05, 4.69) is 10.3 Å². The van der Waals surface area contributed by atoms with Gasteiger partial charge in [0.2, 0.25) is 11.8 Å². The second-order valence-corrected chi connectivity index (χ2v) is 7.53. The van der Waals surface area contributed by atoms with Gasteiger partial charge in [-0.3, -0.25) is 9.59 Å². The molecule has 3 rings (SSSR count). The molecule has 27 heavy (non-hydrogen) atoms. The van der Waals surface area contributed by atoms with E-state index >= 15 is 0 Å². The third-order valence-electron chi connectivity index (χ3n) is 5.21. The molecule has 2 amide bonds. The van der Waals surface area contributed by atoms with Gasteiger partial charge in [-0.15, -0.1) is 0 Å². The molecule has 146 valence electrons. The first-order valence-electron chi connectivity index (χ1n) is 9.55. The van der Waals surface area contributed by atoms with Crippen LogP contribution in [-0.4, -0.2) is 56.6 Å². The second-order valence-electron chi connectivity index (χ2n) is 7.53. The standard InChI is InChI=1S/C20H28N4O3/c1-13(2)20(27)22-16-8-10-23(11-9-18(16)25)19(26)12-24-14(3)21-15-6-4-5-7-17(15)24/h4-7,13,16,18,25H,8-12H2,1-3H3,(H,22,27)/t16-,18-/m0/s1. The summed E-state index contributed by atoms with van der Waals surface area (Å²) in [7, 11) is 0. The molecule has 0 radical (unpaired) electrons. The largest absolute Gasteiger partial charge is 0.391 e. The highest BCUT2D eigenvalue weighted by molar-refractivity contribution is 5.81. The molecular formula is C20H28N4O3. The summed E-state index contributed by atoms with van der Waals surface area (Å²) in [5.41, 5.74) is 1.82. The second kappa shape index (κ2) is 8.08. The van der Waals surface area contributed by atoms with Crippen LogP contribution in [0.2, 0.25) is 0 Å². The van der Waals surface area contributed by atoms with Gasteiger partial charge in [-0.2, -0.15) is 0 Å². The van der Waals surface area contributed by atoms with E-state index in [1.54, 1.807) is 4.90 Å². The summed E-state index contributed by atoms with van der Waals surface area (Å²) in [5.74, 6) is 0.612. The smallest absolute Gasteiger partial charge is 0.242 e. The Hall–Kier alpha value is -2.41. The van der Waals surface area contributed by atoms with Gasteiger partial charge in [-0.05, 0) is 31.9 Å². The predicted molar refractivity (Wildman–Crippen MR) is 103 cm³/mol. The quantitative estimate of drug-likeness (QED) is 0.851. The topological polar surface area (TPSA) is 87.5 Å². The van der Waals surface area contributed by atoms with Crippen molar-refractivity contribution < 1.29 is 14.7 Å². The van der Waals surface area contributed by atoms with Crippen molar-refractivity contribution in [3.05, 3.63) is 30.1 Å². The predicted octanol–water partition coefficient (Wildman–Crippen LogP) is 1.47. The van der Waals surface area contributed by atoms with Crippen molar-refractivity contribution in [2.24, 2.45) is 5.92 Å². The number of carbonyl (C=O) groups excluding carboxylic acids is 2. The van der Waals surface area contributed by atoms with Gasteiger partial charge in [-0.25, -0.2) is 4.98 Å². The van der Waals surface area contributed by atoms with Gasteiger partial charge < -0.3 is 19.9 Å². The van der Waals surface area contributed by atoms with Crippen molar-refractivity contribution in [1.29, 1.82) is 0 Å². The van der Waals surface area contributed by atoms with E-state index in [-0.39, 0.29) is 30.3 Å². The van der Waals surface area contributed by atoms with Crippen LogP contribution in [-0.2, 0) is 16.1 Å². The first kappa shape index (κ1) is 19.4. The van der Waals surface area contributed by atoms with Crippen molar-refractivity contribution in [3.63, 3.8) is 0 Å². The van der Waals surface area contributed by atoms with Crippen LogP contribution < -0.4 is 5.32 Å². The lowest BCUT2D eigenvalue weighted by atomic mass is 10.1. The number of para-hydroxylation sites is 2. The lowest BCUT2D eigenvalue weighted by Crippen LogP contribution is -2.44. The highest BCUT2D eigenvalue weighted by Gasteiger charge is 2.28. The minimum atomic E-state index is -0.638. The van der Waals surface area contributed by atoms with Crippen LogP contribution in [0.25, 0.3) is 11.0 Å². The van der Waals surface area contributed by atoms with Crippen LogP contribution in [0.4, 0.5) is 0 Å². The van der Waals surface area contributed by atoms with Crippen LogP contribution in [0.5, 0.6) is 0 Å². The molecule has 0 saturated carbocycles. The summed E-state index contributed by atoms with van der Waals surface area (Å²) < 4.78 is 1.93. The number of aryl methyl sites for hydroxylation is 1. The van der Waals surface area contributed by atoms with Crippen LogP contribution in [0.1, 0.15) is 32.5 Å². The van der Waals surface area contributed by atoms with E-state index in [9.17, 15) is 14.7 Å². The Morgan fingerprint density at radius 3 is 2.70 bits per heavy atom. The maximum Gasteiger partial charge on any atom is 0.242 e. The monoisotopic (exact) mass is 372 g/mol. The van der Waals surface area contributed by atoms with E-state index in [1.165, 1.54) is 0 Å². The highest BCUT2D eigenvalue weighted by Crippen LogP contribution is 2.17. The molecule has 1 saturated heterocycles. The number of rotatable bonds is 4. The fraction of sp³-hybridized carbons (Fsp3) is 0.550. The fourth-order valence-electron chi connectivity index (χ4n) is 3.49. The summed E-state index contributed by atoms with van der Waals surface area (Å²) in [6.45, 7) is 6.78. The van der Waals surface area contributed by atoms with Gasteiger partial charge in [0.1, 0.15) is 12.4 Å². The molecule has 0 aliphatic carbocycles. The van der Waals surface area contributed by atoms with E-state index in [0.717, 1.165) is 16.9 Å². The number of likely N-dealkylation sites (tertiary alicyclic amines) is 1. The Kier molecular flexibility index (Phi) is 5.79. The fourth-order valence-corrected chi connectivity index (χ4v) is 3.49. The number of nitrogens with zero attached hydrogens (tertiary/aromatic N) is 3. The maximum absolute atomic E-state index is 12.9. The summed E-state index contributed by atoms with van der Waals surface area (Å²) in [6.07, 6.45) is 0.370. The number of hydrogen-bond acceptors (Lipinski definition) is 4. The Balaban J connectivity index is 1.67. The number of fused-ring (bicyclic) bond motifs is 1. The minimum Gasteiger partial charge on any atom is -0.391 e. The molecule has 0 spiro atoms. The Bertz CT molecular complexity index is 830. The first-order valence-corrected chi connectivity index (χ1v) is 9.55. The van der Waals surface area contributed by atoms with Crippen LogP contribution in [0.15, 0.2) is 24.3 Å². The van der Waals surface area contributed by atoms with Crippen LogP contribution >= 0.6 is 0 Å².